The van der Waals surface area contributed by atoms with E-state index in [-0.39, 0.29) is 11.7 Å². The lowest BCUT2D eigenvalue weighted by Gasteiger charge is -2.09. The molecule has 166 valence electrons. The number of hydrogen-bond acceptors (Lipinski definition) is 7. The van der Waals surface area contributed by atoms with Gasteiger partial charge in [-0.25, -0.2) is 4.98 Å². The number of furan rings is 1. The molecule has 0 aliphatic rings. The molecule has 0 atom stereocenters. The summed E-state index contributed by atoms with van der Waals surface area (Å²) in [6, 6.07) is 15.6. The summed E-state index contributed by atoms with van der Waals surface area (Å²) in [5, 5.41) is 17.4. The van der Waals surface area contributed by atoms with Crippen molar-refractivity contribution in [3.63, 3.8) is 0 Å². The van der Waals surface area contributed by atoms with Crippen LogP contribution in [0.15, 0.2) is 70.6 Å². The predicted octanol–water partition coefficient (Wildman–Crippen LogP) is 3.91. The zero-order valence-corrected chi connectivity index (χ0v) is 18.9. The monoisotopic (exact) mass is 459 g/mol. The van der Waals surface area contributed by atoms with E-state index in [1.165, 1.54) is 11.8 Å². The van der Waals surface area contributed by atoms with E-state index in [2.05, 4.69) is 25.6 Å². The van der Waals surface area contributed by atoms with Gasteiger partial charge in [0.15, 0.2) is 16.6 Å². The minimum Gasteiger partial charge on any atom is -0.461 e. The third-order valence-corrected chi connectivity index (χ3v) is 6.09. The van der Waals surface area contributed by atoms with Crippen LogP contribution in [0.2, 0.25) is 0 Å². The molecule has 0 radical (unpaired) electrons. The van der Waals surface area contributed by atoms with Crippen molar-refractivity contribution in [2.45, 2.75) is 18.6 Å². The number of carbonyl (C=O) groups is 1. The van der Waals surface area contributed by atoms with Crippen LogP contribution < -0.4 is 5.32 Å². The summed E-state index contributed by atoms with van der Waals surface area (Å²) in [5.74, 6) is 1.26. The largest absolute Gasteiger partial charge is 0.461 e. The quantitative estimate of drug-likeness (QED) is 0.368. The lowest BCUT2D eigenvalue weighted by Crippen LogP contribution is -2.15. The van der Waals surface area contributed by atoms with E-state index in [0.29, 0.717) is 29.0 Å². The van der Waals surface area contributed by atoms with Gasteiger partial charge in [0, 0.05) is 12.4 Å². The Labute approximate surface area is 193 Å². The molecule has 0 saturated carbocycles. The normalized spacial score (nSPS) is 11.2. The number of benzene rings is 1. The van der Waals surface area contributed by atoms with Crippen LogP contribution in [0.25, 0.3) is 22.6 Å². The van der Waals surface area contributed by atoms with Crippen LogP contribution >= 0.6 is 11.8 Å². The van der Waals surface area contributed by atoms with Gasteiger partial charge in [-0.1, -0.05) is 42.1 Å². The molecule has 0 aliphatic carbocycles. The second-order valence-electron chi connectivity index (χ2n) is 7.50. The fraction of sp³-hybridized carbons (Fsp3) is 0.174. The Balaban J connectivity index is 1.33. The molecule has 0 spiro atoms. The number of thioether (sulfide) groups is 1. The highest BCUT2D eigenvalue weighted by molar-refractivity contribution is 7.99. The van der Waals surface area contributed by atoms with Crippen molar-refractivity contribution in [1.82, 2.24) is 29.5 Å². The second kappa shape index (κ2) is 8.91. The number of anilines is 1. The van der Waals surface area contributed by atoms with Gasteiger partial charge in [0.05, 0.1) is 36.1 Å². The minimum absolute atomic E-state index is 0.156. The third-order valence-electron chi connectivity index (χ3n) is 5.12. The Morgan fingerprint density at radius 2 is 2.00 bits per heavy atom. The SMILES string of the molecule is Cc1nn(C)c2ncc(NC(=O)CSc3nnc(-c4ccco4)n3Cc3ccccc3)cc12. The van der Waals surface area contributed by atoms with Gasteiger partial charge in [0.1, 0.15) is 0 Å². The highest BCUT2D eigenvalue weighted by Gasteiger charge is 2.18. The summed E-state index contributed by atoms with van der Waals surface area (Å²) < 4.78 is 9.22. The molecule has 33 heavy (non-hydrogen) atoms. The van der Waals surface area contributed by atoms with Crippen LogP contribution in [0.4, 0.5) is 5.69 Å². The maximum absolute atomic E-state index is 12.7. The van der Waals surface area contributed by atoms with E-state index in [0.717, 1.165) is 22.3 Å². The first-order valence-corrected chi connectivity index (χ1v) is 11.3. The molecular weight excluding hydrogens is 438 g/mol. The average Bonchev–Trinajstić information content (AvgIpc) is 3.54. The Bertz CT molecular complexity index is 1410. The molecule has 0 aliphatic heterocycles. The Kier molecular flexibility index (Phi) is 5.66. The number of aryl methyl sites for hydroxylation is 2. The summed E-state index contributed by atoms with van der Waals surface area (Å²) in [6.07, 6.45) is 3.24. The Morgan fingerprint density at radius 3 is 2.79 bits per heavy atom. The summed E-state index contributed by atoms with van der Waals surface area (Å²) in [7, 11) is 1.85. The Hall–Kier alpha value is -3.92. The number of fused-ring (bicyclic) bond motifs is 1. The molecule has 1 amide bonds. The lowest BCUT2D eigenvalue weighted by molar-refractivity contribution is -0.113. The molecule has 4 aromatic heterocycles. The molecule has 1 N–H and O–H groups in total. The highest BCUT2D eigenvalue weighted by Crippen LogP contribution is 2.26. The molecule has 4 heterocycles. The standard InChI is InChI=1S/C23H21N7O2S/c1-15-18-11-17(12-24-21(18)29(2)28-15)25-20(31)14-33-23-27-26-22(19-9-6-10-32-19)30(23)13-16-7-4-3-5-8-16/h3-12H,13-14H2,1-2H3,(H,25,31). The number of nitrogens with one attached hydrogen (secondary N) is 1. The van der Waals surface area contributed by atoms with Crippen LogP contribution in [0.5, 0.6) is 0 Å². The van der Waals surface area contributed by atoms with E-state index in [1.807, 2.05) is 67.1 Å². The number of hydrogen-bond donors (Lipinski definition) is 1. The molecular formula is C23H21N7O2S. The fourth-order valence-electron chi connectivity index (χ4n) is 3.60. The average molecular weight is 460 g/mol. The van der Waals surface area contributed by atoms with Gasteiger partial charge in [-0.3, -0.25) is 14.0 Å². The van der Waals surface area contributed by atoms with E-state index in [4.69, 9.17) is 4.42 Å². The van der Waals surface area contributed by atoms with Gasteiger partial charge in [0.2, 0.25) is 11.7 Å². The van der Waals surface area contributed by atoms with Crippen molar-refractivity contribution < 1.29 is 9.21 Å². The summed E-state index contributed by atoms with van der Waals surface area (Å²) in [5.41, 5.74) is 3.37. The highest BCUT2D eigenvalue weighted by atomic mass is 32.2. The van der Waals surface area contributed by atoms with Gasteiger partial charge in [0.25, 0.3) is 0 Å². The molecule has 0 bridgehead atoms. The van der Waals surface area contributed by atoms with E-state index in [9.17, 15) is 4.79 Å². The van der Waals surface area contributed by atoms with Crippen molar-refractivity contribution in [3.05, 3.63) is 72.2 Å². The summed E-state index contributed by atoms with van der Waals surface area (Å²) in [4.78, 5) is 17.1. The summed E-state index contributed by atoms with van der Waals surface area (Å²) >= 11 is 1.32. The van der Waals surface area contributed by atoms with E-state index >= 15 is 0 Å². The van der Waals surface area contributed by atoms with Crippen LogP contribution in [0.3, 0.4) is 0 Å². The molecule has 10 heteroatoms. The first kappa shape index (κ1) is 21.0. The first-order valence-electron chi connectivity index (χ1n) is 10.3. The molecule has 0 saturated heterocycles. The number of nitrogens with zero attached hydrogens (tertiary/aromatic N) is 6. The number of rotatable bonds is 7. The van der Waals surface area contributed by atoms with Crippen molar-refractivity contribution in [1.29, 1.82) is 0 Å². The number of carbonyl (C=O) groups excluding carboxylic acids is 1. The molecule has 5 rings (SSSR count). The first-order chi connectivity index (χ1) is 16.1. The van der Waals surface area contributed by atoms with Crippen molar-refractivity contribution in [2.75, 3.05) is 11.1 Å². The number of aromatic nitrogens is 6. The van der Waals surface area contributed by atoms with Gasteiger partial charge < -0.3 is 9.73 Å². The van der Waals surface area contributed by atoms with Crippen molar-refractivity contribution in [2.24, 2.45) is 7.05 Å². The van der Waals surface area contributed by atoms with Crippen LogP contribution in [0, 0.1) is 6.92 Å². The van der Waals surface area contributed by atoms with Gasteiger partial charge in [-0.15, -0.1) is 10.2 Å². The second-order valence-corrected chi connectivity index (χ2v) is 8.44. The maximum atomic E-state index is 12.7. The molecule has 0 unspecified atom stereocenters. The van der Waals surface area contributed by atoms with Crippen LogP contribution in [-0.4, -0.2) is 41.2 Å². The van der Waals surface area contributed by atoms with Crippen molar-refractivity contribution >= 4 is 34.4 Å². The zero-order chi connectivity index (χ0) is 22.8. The fourth-order valence-corrected chi connectivity index (χ4v) is 4.33. The summed E-state index contributed by atoms with van der Waals surface area (Å²) in [6.45, 7) is 2.48. The molecule has 1 aromatic carbocycles. The topological polar surface area (TPSA) is 104 Å². The van der Waals surface area contributed by atoms with Crippen molar-refractivity contribution in [3.8, 4) is 11.6 Å². The number of amides is 1. The Morgan fingerprint density at radius 1 is 1.15 bits per heavy atom. The third kappa shape index (κ3) is 4.37. The van der Waals surface area contributed by atoms with E-state index in [1.54, 1.807) is 17.1 Å². The predicted molar refractivity (Wildman–Crippen MR) is 126 cm³/mol. The van der Waals surface area contributed by atoms with Gasteiger partial charge in [-0.05, 0) is 30.7 Å². The smallest absolute Gasteiger partial charge is 0.234 e. The zero-order valence-electron chi connectivity index (χ0n) is 18.1. The number of pyridine rings is 1. The molecule has 0 fully saturated rings. The molecule has 9 nitrogen and oxygen atoms in total. The lowest BCUT2D eigenvalue weighted by atomic mass is 10.2. The minimum atomic E-state index is -0.156. The molecule has 5 aromatic rings. The van der Waals surface area contributed by atoms with Gasteiger partial charge in [-0.2, -0.15) is 5.10 Å². The van der Waals surface area contributed by atoms with Crippen LogP contribution in [-0.2, 0) is 18.4 Å². The van der Waals surface area contributed by atoms with Crippen LogP contribution in [0.1, 0.15) is 11.3 Å². The maximum Gasteiger partial charge on any atom is 0.234 e. The van der Waals surface area contributed by atoms with Gasteiger partial charge >= 0.3 is 0 Å². The van der Waals surface area contributed by atoms with E-state index < -0.39 is 0 Å².